The lowest BCUT2D eigenvalue weighted by molar-refractivity contribution is -0.0365. The third kappa shape index (κ3) is 3.78. The van der Waals surface area contributed by atoms with Gasteiger partial charge in [0.2, 0.25) is 0 Å². The van der Waals surface area contributed by atoms with Crippen LogP contribution in [0, 0.1) is 11.8 Å². The number of carbonyl (C=O) groups excluding carboxylic acids is 1. The number of halogens is 1. The first-order chi connectivity index (χ1) is 9.74. The van der Waals surface area contributed by atoms with E-state index in [9.17, 15) is 4.79 Å². The maximum absolute atomic E-state index is 12.2. The zero-order chi connectivity index (χ0) is 13.9. The normalized spacial score (nSPS) is 29.1. The van der Waals surface area contributed by atoms with Crippen LogP contribution in [0.1, 0.15) is 36.0 Å². The van der Waals surface area contributed by atoms with Crippen LogP contribution >= 0.6 is 12.4 Å². The molecule has 4 heteroatoms. The van der Waals surface area contributed by atoms with E-state index < -0.39 is 0 Å². The summed E-state index contributed by atoms with van der Waals surface area (Å²) in [6.07, 6.45) is 4.87. The minimum absolute atomic E-state index is 0. The SMILES string of the molecule is CN1CC[C@@H]2CCCC(OC(=O)c3ccccc3)[C@@H]2C1.Cl. The van der Waals surface area contributed by atoms with Crippen LogP contribution in [0.2, 0.25) is 0 Å². The van der Waals surface area contributed by atoms with Crippen LogP contribution in [0.25, 0.3) is 0 Å². The summed E-state index contributed by atoms with van der Waals surface area (Å²) in [6, 6.07) is 9.35. The predicted molar refractivity (Wildman–Crippen MR) is 85.8 cm³/mol. The van der Waals surface area contributed by atoms with Crippen LogP contribution in [0.4, 0.5) is 0 Å². The van der Waals surface area contributed by atoms with Crippen LogP contribution in [0.5, 0.6) is 0 Å². The highest BCUT2D eigenvalue weighted by Gasteiger charge is 2.38. The fourth-order valence-corrected chi connectivity index (χ4v) is 3.70. The summed E-state index contributed by atoms with van der Waals surface area (Å²) in [5.41, 5.74) is 0.666. The number of likely N-dealkylation sites (tertiary alicyclic amines) is 1. The number of benzene rings is 1. The molecule has 116 valence electrons. The molecule has 0 bridgehead atoms. The van der Waals surface area contributed by atoms with Crippen LogP contribution < -0.4 is 0 Å². The van der Waals surface area contributed by atoms with Crippen LogP contribution in [-0.4, -0.2) is 37.1 Å². The van der Waals surface area contributed by atoms with Crippen molar-refractivity contribution < 1.29 is 9.53 Å². The minimum Gasteiger partial charge on any atom is -0.458 e. The Morgan fingerprint density at radius 3 is 2.71 bits per heavy atom. The van der Waals surface area contributed by atoms with Gasteiger partial charge in [-0.15, -0.1) is 12.4 Å². The molecule has 3 atom stereocenters. The molecule has 2 aliphatic rings. The molecule has 21 heavy (non-hydrogen) atoms. The Kier molecular flexibility index (Phi) is 5.65. The molecule has 1 aliphatic heterocycles. The summed E-state index contributed by atoms with van der Waals surface area (Å²) in [4.78, 5) is 14.6. The second-order valence-corrected chi connectivity index (χ2v) is 6.22. The molecule has 0 amide bonds. The molecule has 3 rings (SSSR count). The summed E-state index contributed by atoms with van der Waals surface area (Å²) in [5, 5.41) is 0. The first kappa shape index (κ1) is 16.3. The van der Waals surface area contributed by atoms with Gasteiger partial charge in [0.05, 0.1) is 5.56 Å². The Labute approximate surface area is 133 Å². The third-order valence-electron chi connectivity index (χ3n) is 4.82. The summed E-state index contributed by atoms with van der Waals surface area (Å²) in [7, 11) is 2.17. The van der Waals surface area contributed by atoms with Crippen molar-refractivity contribution in [1.29, 1.82) is 0 Å². The topological polar surface area (TPSA) is 29.5 Å². The highest BCUT2D eigenvalue weighted by atomic mass is 35.5. The molecular formula is C17H24ClNO2. The highest BCUT2D eigenvalue weighted by molar-refractivity contribution is 5.89. The van der Waals surface area contributed by atoms with Crippen molar-refractivity contribution in [1.82, 2.24) is 4.90 Å². The maximum atomic E-state index is 12.2. The van der Waals surface area contributed by atoms with Gasteiger partial charge >= 0.3 is 5.97 Å². The van der Waals surface area contributed by atoms with Gasteiger partial charge in [-0.1, -0.05) is 18.2 Å². The summed E-state index contributed by atoms with van der Waals surface area (Å²) >= 11 is 0. The number of fused-ring (bicyclic) bond motifs is 1. The fraction of sp³-hybridized carbons (Fsp3) is 0.588. The molecule has 1 aromatic rings. The molecule has 0 aromatic heterocycles. The standard InChI is InChI=1S/C17H23NO2.ClH/c1-18-11-10-13-8-5-9-16(15(13)12-18)20-17(19)14-6-3-2-4-7-14;/h2-4,6-7,13,15-16H,5,8-12H2,1H3;1H/t13-,15+,16?;/m0./s1. The Hall–Kier alpha value is -1.06. The van der Waals surface area contributed by atoms with Crippen molar-refractivity contribution >= 4 is 18.4 Å². The monoisotopic (exact) mass is 309 g/mol. The molecule has 1 unspecified atom stereocenters. The molecule has 0 spiro atoms. The summed E-state index contributed by atoms with van der Waals surface area (Å²) in [6.45, 7) is 2.25. The molecule has 1 aliphatic carbocycles. The van der Waals surface area contributed by atoms with E-state index in [-0.39, 0.29) is 24.5 Å². The van der Waals surface area contributed by atoms with Gasteiger partial charge in [-0.2, -0.15) is 0 Å². The second-order valence-electron chi connectivity index (χ2n) is 6.22. The number of nitrogens with zero attached hydrogens (tertiary/aromatic N) is 1. The number of esters is 1. The highest BCUT2D eigenvalue weighted by Crippen LogP contribution is 2.37. The van der Waals surface area contributed by atoms with Crippen molar-refractivity contribution in [2.24, 2.45) is 11.8 Å². The lowest BCUT2D eigenvalue weighted by Gasteiger charge is -2.43. The Bertz CT molecular complexity index is 465. The first-order valence-electron chi connectivity index (χ1n) is 7.68. The second kappa shape index (κ2) is 7.28. The van der Waals surface area contributed by atoms with E-state index in [1.54, 1.807) is 0 Å². The first-order valence-corrected chi connectivity index (χ1v) is 7.68. The average Bonchev–Trinajstić information content (AvgIpc) is 2.49. The Morgan fingerprint density at radius 1 is 1.19 bits per heavy atom. The van der Waals surface area contributed by atoms with Crippen molar-refractivity contribution in [3.63, 3.8) is 0 Å². The lowest BCUT2D eigenvalue weighted by Crippen LogP contribution is -2.47. The van der Waals surface area contributed by atoms with E-state index >= 15 is 0 Å². The molecule has 3 nitrogen and oxygen atoms in total. The molecule has 1 saturated heterocycles. The Balaban J connectivity index is 0.00000161. The van der Waals surface area contributed by atoms with Gasteiger partial charge in [-0.3, -0.25) is 0 Å². The van der Waals surface area contributed by atoms with Gasteiger partial charge in [-0.05, 0) is 57.3 Å². The average molecular weight is 310 g/mol. The van der Waals surface area contributed by atoms with E-state index in [4.69, 9.17) is 4.74 Å². The predicted octanol–water partition coefficient (Wildman–Crippen LogP) is 3.39. The number of rotatable bonds is 2. The quantitative estimate of drug-likeness (QED) is 0.784. The van der Waals surface area contributed by atoms with E-state index in [1.165, 1.54) is 25.8 Å². The molecule has 1 saturated carbocycles. The fourth-order valence-electron chi connectivity index (χ4n) is 3.70. The van der Waals surface area contributed by atoms with E-state index in [0.29, 0.717) is 11.5 Å². The molecular weight excluding hydrogens is 286 g/mol. The van der Waals surface area contributed by atoms with Crippen LogP contribution in [0.15, 0.2) is 30.3 Å². The van der Waals surface area contributed by atoms with Crippen molar-refractivity contribution in [2.45, 2.75) is 31.8 Å². The van der Waals surface area contributed by atoms with E-state index in [0.717, 1.165) is 18.9 Å². The van der Waals surface area contributed by atoms with Gasteiger partial charge in [0.25, 0.3) is 0 Å². The third-order valence-corrected chi connectivity index (χ3v) is 4.82. The molecule has 1 heterocycles. The zero-order valence-electron chi connectivity index (χ0n) is 12.5. The molecule has 1 aromatic carbocycles. The number of hydrogen-bond acceptors (Lipinski definition) is 3. The van der Waals surface area contributed by atoms with Crippen LogP contribution in [0.3, 0.4) is 0 Å². The number of hydrogen-bond donors (Lipinski definition) is 0. The molecule has 2 fully saturated rings. The van der Waals surface area contributed by atoms with Crippen molar-refractivity contribution in [3.8, 4) is 0 Å². The Morgan fingerprint density at radius 2 is 1.95 bits per heavy atom. The van der Waals surface area contributed by atoms with E-state index in [2.05, 4.69) is 11.9 Å². The largest absolute Gasteiger partial charge is 0.458 e. The van der Waals surface area contributed by atoms with Gasteiger partial charge in [-0.25, -0.2) is 4.79 Å². The lowest BCUT2D eigenvalue weighted by atomic mass is 9.73. The van der Waals surface area contributed by atoms with Crippen molar-refractivity contribution in [3.05, 3.63) is 35.9 Å². The van der Waals surface area contributed by atoms with Crippen molar-refractivity contribution in [2.75, 3.05) is 20.1 Å². The number of carbonyl (C=O) groups is 1. The van der Waals surface area contributed by atoms with Crippen LogP contribution in [-0.2, 0) is 4.74 Å². The van der Waals surface area contributed by atoms with Gasteiger partial charge in [0.15, 0.2) is 0 Å². The minimum atomic E-state index is -0.163. The van der Waals surface area contributed by atoms with Gasteiger partial charge in [0.1, 0.15) is 6.10 Å². The summed E-state index contributed by atoms with van der Waals surface area (Å²) < 4.78 is 5.83. The van der Waals surface area contributed by atoms with Gasteiger partial charge < -0.3 is 9.64 Å². The smallest absolute Gasteiger partial charge is 0.338 e. The summed E-state index contributed by atoms with van der Waals surface area (Å²) in [5.74, 6) is 1.10. The zero-order valence-corrected chi connectivity index (χ0v) is 13.3. The molecule has 0 N–H and O–H groups in total. The number of piperidine rings is 1. The maximum Gasteiger partial charge on any atom is 0.338 e. The number of ether oxygens (including phenoxy) is 1. The van der Waals surface area contributed by atoms with E-state index in [1.807, 2.05) is 30.3 Å². The molecule has 0 radical (unpaired) electrons. The van der Waals surface area contributed by atoms with Gasteiger partial charge in [0, 0.05) is 12.5 Å².